The first kappa shape index (κ1) is 45.7. The predicted octanol–water partition coefficient (Wildman–Crippen LogP) is 13.8. The fraction of sp³-hybridized carbons (Fsp3) is 0.490. The van der Waals surface area contributed by atoms with Crippen molar-refractivity contribution in [3.63, 3.8) is 0 Å². The van der Waals surface area contributed by atoms with Crippen LogP contribution in [0.5, 0.6) is 0 Å². The summed E-state index contributed by atoms with van der Waals surface area (Å²) in [5, 5.41) is 18.6. The molecule has 290 valence electrons. The fourth-order valence-corrected chi connectivity index (χ4v) is 7.89. The molecule has 53 heavy (non-hydrogen) atoms. The van der Waals surface area contributed by atoms with Crippen LogP contribution < -0.4 is 0 Å². The van der Waals surface area contributed by atoms with Gasteiger partial charge in [0, 0.05) is 11.8 Å². The van der Waals surface area contributed by atoms with E-state index >= 15 is 0 Å². The zero-order chi connectivity index (χ0) is 39.8. The largest absolute Gasteiger partial charge is 0.392 e. The van der Waals surface area contributed by atoms with E-state index in [-0.39, 0.29) is 24.0 Å². The highest BCUT2D eigenvalue weighted by molar-refractivity contribution is 5.37. The van der Waals surface area contributed by atoms with Gasteiger partial charge < -0.3 is 10.2 Å². The number of allylic oxidation sites excluding steroid dienone is 24. The Morgan fingerprint density at radius 1 is 0.566 bits per heavy atom. The third-order valence-corrected chi connectivity index (χ3v) is 12.0. The van der Waals surface area contributed by atoms with Crippen LogP contribution in [0.15, 0.2) is 153 Å². The molecule has 0 aliphatic heterocycles. The molecule has 2 rings (SSSR count). The summed E-state index contributed by atoms with van der Waals surface area (Å²) < 4.78 is 0. The molecule has 0 fully saturated rings. The molecular formula is C51H74O2. The summed E-state index contributed by atoms with van der Waals surface area (Å²) in [6.07, 6.45) is 41.8. The number of rotatable bonds is 16. The molecule has 0 amide bonds. The van der Waals surface area contributed by atoms with E-state index in [9.17, 15) is 10.2 Å². The highest BCUT2D eigenvalue weighted by Crippen LogP contribution is 2.49. The SMILES string of the molecule is CC(C=CC=C(C)C=CC1C(C)=CCC(CC(C)=CCO)C1(C)C)=CC=CC=C(C)C=CC(C)=C(C)C=CC1C(C)=CCC(CC(C)=CCO)C1(C)C. The highest BCUT2D eigenvalue weighted by Gasteiger charge is 2.40. The topological polar surface area (TPSA) is 40.5 Å². The van der Waals surface area contributed by atoms with Gasteiger partial charge in [0.05, 0.1) is 13.2 Å². The smallest absolute Gasteiger partial charge is 0.0614 e. The Kier molecular flexibility index (Phi) is 19.0. The Morgan fingerprint density at radius 2 is 0.962 bits per heavy atom. The van der Waals surface area contributed by atoms with Crippen molar-refractivity contribution in [1.29, 1.82) is 0 Å². The van der Waals surface area contributed by atoms with Crippen LogP contribution in [-0.2, 0) is 0 Å². The molecule has 0 saturated heterocycles. The molecule has 0 heterocycles. The predicted molar refractivity (Wildman–Crippen MR) is 235 cm³/mol. The molecule has 0 bridgehead atoms. The molecule has 4 unspecified atom stereocenters. The van der Waals surface area contributed by atoms with E-state index < -0.39 is 0 Å². The molecule has 0 radical (unpaired) electrons. The first-order chi connectivity index (χ1) is 24.9. The minimum atomic E-state index is 0.121. The van der Waals surface area contributed by atoms with Crippen LogP contribution in [0.3, 0.4) is 0 Å². The lowest BCUT2D eigenvalue weighted by Gasteiger charge is -2.44. The van der Waals surface area contributed by atoms with E-state index in [4.69, 9.17) is 0 Å². The van der Waals surface area contributed by atoms with Gasteiger partial charge in [-0.15, -0.1) is 0 Å². The van der Waals surface area contributed by atoms with Crippen molar-refractivity contribution in [2.45, 2.75) is 116 Å². The van der Waals surface area contributed by atoms with Crippen LogP contribution in [0.4, 0.5) is 0 Å². The van der Waals surface area contributed by atoms with Gasteiger partial charge in [-0.3, -0.25) is 0 Å². The minimum absolute atomic E-state index is 0.121. The molecular weight excluding hydrogens is 645 g/mol. The molecule has 2 heteroatoms. The van der Waals surface area contributed by atoms with E-state index in [0.29, 0.717) is 23.7 Å². The van der Waals surface area contributed by atoms with Crippen molar-refractivity contribution in [3.8, 4) is 0 Å². The van der Waals surface area contributed by atoms with Crippen LogP contribution in [0.1, 0.15) is 116 Å². The van der Waals surface area contributed by atoms with E-state index in [0.717, 1.165) is 25.7 Å². The molecule has 2 nitrogen and oxygen atoms in total. The van der Waals surface area contributed by atoms with Gasteiger partial charge in [0.1, 0.15) is 0 Å². The Labute approximate surface area is 326 Å². The zero-order valence-corrected chi connectivity index (χ0v) is 35.8. The first-order valence-corrected chi connectivity index (χ1v) is 19.9. The van der Waals surface area contributed by atoms with Crippen LogP contribution in [0.25, 0.3) is 0 Å². The summed E-state index contributed by atoms with van der Waals surface area (Å²) in [5.74, 6) is 1.93. The Bertz CT molecular complexity index is 1630. The third-order valence-electron chi connectivity index (χ3n) is 12.0. The summed E-state index contributed by atoms with van der Waals surface area (Å²) in [5.41, 5.74) is 12.0. The summed E-state index contributed by atoms with van der Waals surface area (Å²) in [6, 6.07) is 0. The van der Waals surface area contributed by atoms with Crippen LogP contribution in [0, 0.1) is 34.5 Å². The molecule has 0 saturated carbocycles. The van der Waals surface area contributed by atoms with Gasteiger partial charge >= 0.3 is 0 Å². The molecule has 4 atom stereocenters. The van der Waals surface area contributed by atoms with Crippen LogP contribution in [-0.4, -0.2) is 23.4 Å². The van der Waals surface area contributed by atoms with Crippen molar-refractivity contribution in [1.82, 2.24) is 0 Å². The first-order valence-electron chi connectivity index (χ1n) is 19.9. The van der Waals surface area contributed by atoms with E-state index in [1.807, 2.05) is 12.2 Å². The average molecular weight is 719 g/mol. The Hall–Kier alpha value is -3.46. The molecule has 2 aliphatic carbocycles. The minimum Gasteiger partial charge on any atom is -0.392 e. The second-order valence-electron chi connectivity index (χ2n) is 17.1. The van der Waals surface area contributed by atoms with Gasteiger partial charge in [-0.1, -0.05) is 170 Å². The molecule has 0 spiro atoms. The van der Waals surface area contributed by atoms with Crippen molar-refractivity contribution < 1.29 is 10.2 Å². The maximum Gasteiger partial charge on any atom is 0.0614 e. The molecule has 0 aromatic rings. The fourth-order valence-electron chi connectivity index (χ4n) is 7.89. The Morgan fingerprint density at radius 3 is 1.43 bits per heavy atom. The van der Waals surface area contributed by atoms with E-state index in [2.05, 4.69) is 181 Å². The van der Waals surface area contributed by atoms with Gasteiger partial charge in [-0.2, -0.15) is 0 Å². The standard InChI is InChI=1S/C51H74O2/c1-37(19-16-20-39(3)22-29-48-44(8)24-27-46(50(48,10)11)35-40(4)31-33-52)17-14-15-18-38(2)21-23-42(6)43(7)26-30-49-45(9)25-28-47(51(49,12)13)36-41(5)32-34-53/h14-26,29-32,46-49,52-53H,27-28,33-36H2,1-13H3. The Balaban J connectivity index is 2.00. The third kappa shape index (κ3) is 14.7. The van der Waals surface area contributed by atoms with Gasteiger partial charge in [0.2, 0.25) is 0 Å². The summed E-state index contributed by atoms with van der Waals surface area (Å²) >= 11 is 0. The summed E-state index contributed by atoms with van der Waals surface area (Å²) in [7, 11) is 0. The highest BCUT2D eigenvalue weighted by atomic mass is 16.3. The number of aliphatic hydroxyl groups is 2. The number of aliphatic hydroxyl groups excluding tert-OH is 2. The molecule has 0 aromatic carbocycles. The van der Waals surface area contributed by atoms with Crippen molar-refractivity contribution in [2.75, 3.05) is 13.2 Å². The van der Waals surface area contributed by atoms with E-state index in [1.54, 1.807) is 0 Å². The normalized spacial score (nSPS) is 25.7. The monoisotopic (exact) mass is 719 g/mol. The van der Waals surface area contributed by atoms with Gasteiger partial charge in [0.25, 0.3) is 0 Å². The molecule has 2 N–H and O–H groups in total. The second kappa shape index (κ2) is 22.0. The van der Waals surface area contributed by atoms with Crippen molar-refractivity contribution in [2.24, 2.45) is 34.5 Å². The van der Waals surface area contributed by atoms with Crippen molar-refractivity contribution >= 4 is 0 Å². The van der Waals surface area contributed by atoms with Gasteiger partial charge in [0.15, 0.2) is 0 Å². The average Bonchev–Trinajstić information content (AvgIpc) is 3.08. The van der Waals surface area contributed by atoms with Gasteiger partial charge in [-0.05, 0) is 122 Å². The number of hydrogen-bond acceptors (Lipinski definition) is 2. The zero-order valence-electron chi connectivity index (χ0n) is 35.8. The summed E-state index contributed by atoms with van der Waals surface area (Å²) in [4.78, 5) is 0. The second-order valence-corrected chi connectivity index (χ2v) is 17.1. The molecule has 0 aromatic heterocycles. The summed E-state index contributed by atoms with van der Waals surface area (Å²) in [6.45, 7) is 29.5. The lowest BCUT2D eigenvalue weighted by Crippen LogP contribution is -2.35. The van der Waals surface area contributed by atoms with E-state index in [1.165, 1.54) is 50.2 Å². The molecule has 2 aliphatic rings. The number of hydrogen-bond donors (Lipinski definition) is 2. The maximum absolute atomic E-state index is 9.33. The maximum atomic E-state index is 9.33. The lowest BCUT2D eigenvalue weighted by atomic mass is 9.61. The van der Waals surface area contributed by atoms with Crippen LogP contribution in [0.2, 0.25) is 0 Å². The van der Waals surface area contributed by atoms with Crippen molar-refractivity contribution in [3.05, 3.63) is 153 Å². The lowest BCUT2D eigenvalue weighted by molar-refractivity contribution is 0.151. The quantitative estimate of drug-likeness (QED) is 0.123. The van der Waals surface area contributed by atoms with Crippen LogP contribution >= 0.6 is 0 Å². The van der Waals surface area contributed by atoms with Gasteiger partial charge in [-0.25, -0.2) is 0 Å².